The summed E-state index contributed by atoms with van der Waals surface area (Å²) in [6, 6.07) is 5.57. The summed E-state index contributed by atoms with van der Waals surface area (Å²) in [7, 11) is 0. The number of amides is 1. The van der Waals surface area contributed by atoms with E-state index >= 15 is 0 Å². The number of aromatic nitrogens is 1. The molecule has 0 radical (unpaired) electrons. The largest absolute Gasteiger partial charge is 0.440 e. The molecule has 4 rings (SSSR count). The number of rotatable bonds is 3. The highest BCUT2D eigenvalue weighted by Crippen LogP contribution is 2.40. The molecule has 1 aliphatic carbocycles. The summed E-state index contributed by atoms with van der Waals surface area (Å²) in [6.45, 7) is 0.922. The first-order valence-corrected chi connectivity index (χ1v) is 7.24. The minimum absolute atomic E-state index is 0.0350. The van der Waals surface area contributed by atoms with Crippen LogP contribution in [0.15, 0.2) is 22.6 Å². The first-order chi connectivity index (χ1) is 9.79. The van der Waals surface area contributed by atoms with E-state index in [1.807, 2.05) is 18.2 Å². The molecule has 2 fully saturated rings. The Morgan fingerprint density at radius 2 is 2.25 bits per heavy atom. The van der Waals surface area contributed by atoms with Crippen LogP contribution in [0.1, 0.15) is 37.5 Å². The van der Waals surface area contributed by atoms with E-state index in [0.717, 1.165) is 42.1 Å². The van der Waals surface area contributed by atoms with Gasteiger partial charge in [0, 0.05) is 11.6 Å². The van der Waals surface area contributed by atoms with Crippen molar-refractivity contribution in [3.05, 3.63) is 24.1 Å². The molecule has 0 spiro atoms. The van der Waals surface area contributed by atoms with Crippen LogP contribution in [-0.2, 0) is 4.79 Å². The molecule has 2 heterocycles. The first-order valence-electron chi connectivity index (χ1n) is 7.24. The fourth-order valence-electron chi connectivity index (χ4n) is 2.67. The third-order valence-corrected chi connectivity index (χ3v) is 3.98. The monoisotopic (exact) mass is 271 g/mol. The number of oxazole rings is 1. The summed E-state index contributed by atoms with van der Waals surface area (Å²) < 4.78 is 5.72. The Bertz CT molecular complexity index is 654. The minimum atomic E-state index is -0.0648. The van der Waals surface area contributed by atoms with E-state index in [9.17, 15) is 4.79 Å². The van der Waals surface area contributed by atoms with Gasteiger partial charge >= 0.3 is 0 Å². The Labute approximate surface area is 116 Å². The van der Waals surface area contributed by atoms with Crippen molar-refractivity contribution >= 4 is 22.7 Å². The van der Waals surface area contributed by atoms with Gasteiger partial charge in [-0.2, -0.15) is 0 Å². The Hall–Kier alpha value is -1.88. The van der Waals surface area contributed by atoms with Gasteiger partial charge in [0.2, 0.25) is 5.91 Å². The zero-order chi connectivity index (χ0) is 13.5. The summed E-state index contributed by atoms with van der Waals surface area (Å²) >= 11 is 0. The lowest BCUT2D eigenvalue weighted by Gasteiger charge is -2.10. The second-order valence-electron chi connectivity index (χ2n) is 5.65. The molecule has 104 valence electrons. The van der Waals surface area contributed by atoms with Gasteiger partial charge in [0.15, 0.2) is 11.5 Å². The van der Waals surface area contributed by atoms with Gasteiger partial charge in [0.1, 0.15) is 5.52 Å². The van der Waals surface area contributed by atoms with Crippen LogP contribution in [0.25, 0.3) is 11.1 Å². The predicted molar refractivity (Wildman–Crippen MR) is 75.6 cm³/mol. The van der Waals surface area contributed by atoms with Crippen LogP contribution in [0, 0.1) is 0 Å². The van der Waals surface area contributed by atoms with Crippen LogP contribution >= 0.6 is 0 Å². The normalized spacial score (nSPS) is 22.3. The molecular formula is C15H17N3O2. The maximum Gasteiger partial charge on any atom is 0.241 e. The molecule has 5 nitrogen and oxygen atoms in total. The van der Waals surface area contributed by atoms with Gasteiger partial charge in [-0.3, -0.25) is 4.79 Å². The summed E-state index contributed by atoms with van der Waals surface area (Å²) in [4.78, 5) is 16.6. The molecule has 1 amide bonds. The molecule has 2 aromatic rings. The topological polar surface area (TPSA) is 67.2 Å². The van der Waals surface area contributed by atoms with Crippen LogP contribution in [0.5, 0.6) is 0 Å². The second-order valence-corrected chi connectivity index (χ2v) is 5.65. The number of nitrogens with one attached hydrogen (secondary N) is 2. The fourth-order valence-corrected chi connectivity index (χ4v) is 2.67. The number of benzene rings is 1. The fraction of sp³-hybridized carbons (Fsp3) is 0.467. The van der Waals surface area contributed by atoms with E-state index < -0.39 is 0 Å². The second kappa shape index (κ2) is 4.59. The molecule has 1 aromatic heterocycles. The molecule has 2 aliphatic rings. The Morgan fingerprint density at radius 1 is 1.35 bits per heavy atom. The van der Waals surface area contributed by atoms with Crippen molar-refractivity contribution < 1.29 is 9.21 Å². The molecular weight excluding hydrogens is 254 g/mol. The summed E-state index contributed by atoms with van der Waals surface area (Å²) in [5, 5.41) is 6.14. The van der Waals surface area contributed by atoms with E-state index in [1.165, 1.54) is 12.8 Å². The maximum absolute atomic E-state index is 12.1. The van der Waals surface area contributed by atoms with Crippen molar-refractivity contribution in [2.75, 3.05) is 11.9 Å². The van der Waals surface area contributed by atoms with Gasteiger partial charge in [-0.05, 0) is 50.4 Å². The molecule has 1 atom stereocenters. The molecule has 1 saturated carbocycles. The average Bonchev–Trinajstić information content (AvgIpc) is 3.00. The molecule has 5 heteroatoms. The zero-order valence-corrected chi connectivity index (χ0v) is 11.2. The smallest absolute Gasteiger partial charge is 0.241 e. The first kappa shape index (κ1) is 11.9. The van der Waals surface area contributed by atoms with Gasteiger partial charge in [-0.25, -0.2) is 4.98 Å². The standard InChI is InChI=1S/C15H17N3O2/c19-14(11-2-1-7-16-11)17-10-5-6-13-12(8-10)18-15(20-13)9-3-4-9/h5-6,8-9,11,16H,1-4,7H2,(H,17,19). The highest BCUT2D eigenvalue weighted by molar-refractivity contribution is 5.96. The number of nitrogens with zero attached hydrogens (tertiary/aromatic N) is 1. The van der Waals surface area contributed by atoms with Crippen LogP contribution in [-0.4, -0.2) is 23.5 Å². The molecule has 0 bridgehead atoms. The van der Waals surface area contributed by atoms with Gasteiger partial charge in [-0.1, -0.05) is 0 Å². The molecule has 2 N–H and O–H groups in total. The Balaban J connectivity index is 1.55. The molecule has 1 saturated heterocycles. The van der Waals surface area contributed by atoms with Crippen molar-refractivity contribution in [3.63, 3.8) is 0 Å². The van der Waals surface area contributed by atoms with Crippen molar-refractivity contribution in [1.82, 2.24) is 10.3 Å². The molecule has 20 heavy (non-hydrogen) atoms. The molecule has 1 unspecified atom stereocenters. The van der Waals surface area contributed by atoms with Gasteiger partial charge in [0.25, 0.3) is 0 Å². The lowest BCUT2D eigenvalue weighted by Crippen LogP contribution is -2.35. The Kier molecular flexibility index (Phi) is 2.73. The molecule has 1 aromatic carbocycles. The number of hydrogen-bond donors (Lipinski definition) is 2. The third kappa shape index (κ3) is 2.18. The minimum Gasteiger partial charge on any atom is -0.440 e. The maximum atomic E-state index is 12.1. The van der Waals surface area contributed by atoms with Crippen LogP contribution < -0.4 is 10.6 Å². The van der Waals surface area contributed by atoms with Gasteiger partial charge in [0.05, 0.1) is 6.04 Å². The van der Waals surface area contributed by atoms with E-state index in [2.05, 4.69) is 15.6 Å². The van der Waals surface area contributed by atoms with Crippen LogP contribution in [0.4, 0.5) is 5.69 Å². The number of carbonyl (C=O) groups is 1. The van der Waals surface area contributed by atoms with Crippen molar-refractivity contribution in [2.45, 2.75) is 37.6 Å². The summed E-state index contributed by atoms with van der Waals surface area (Å²) in [5.74, 6) is 1.37. The number of hydrogen-bond acceptors (Lipinski definition) is 4. The van der Waals surface area contributed by atoms with Crippen LogP contribution in [0.3, 0.4) is 0 Å². The van der Waals surface area contributed by atoms with Crippen molar-refractivity contribution in [3.8, 4) is 0 Å². The number of fused-ring (bicyclic) bond motifs is 1. The highest BCUT2D eigenvalue weighted by Gasteiger charge is 2.29. The lowest BCUT2D eigenvalue weighted by atomic mass is 10.2. The lowest BCUT2D eigenvalue weighted by molar-refractivity contribution is -0.117. The van der Waals surface area contributed by atoms with Gasteiger partial charge < -0.3 is 15.1 Å². The van der Waals surface area contributed by atoms with E-state index in [0.29, 0.717) is 5.92 Å². The SMILES string of the molecule is O=C(Nc1ccc2oc(C3CC3)nc2c1)C1CCCN1. The third-order valence-electron chi connectivity index (χ3n) is 3.98. The number of anilines is 1. The van der Waals surface area contributed by atoms with Crippen LogP contribution in [0.2, 0.25) is 0 Å². The van der Waals surface area contributed by atoms with Crippen molar-refractivity contribution in [2.24, 2.45) is 0 Å². The summed E-state index contributed by atoms with van der Waals surface area (Å²) in [5.41, 5.74) is 2.40. The Morgan fingerprint density at radius 3 is 3.00 bits per heavy atom. The van der Waals surface area contributed by atoms with Crippen molar-refractivity contribution in [1.29, 1.82) is 0 Å². The van der Waals surface area contributed by atoms with E-state index in [-0.39, 0.29) is 11.9 Å². The quantitative estimate of drug-likeness (QED) is 0.899. The number of carbonyl (C=O) groups excluding carboxylic acids is 1. The van der Waals surface area contributed by atoms with E-state index in [4.69, 9.17) is 4.42 Å². The molecule has 1 aliphatic heterocycles. The zero-order valence-electron chi connectivity index (χ0n) is 11.2. The van der Waals surface area contributed by atoms with Gasteiger partial charge in [-0.15, -0.1) is 0 Å². The highest BCUT2D eigenvalue weighted by atomic mass is 16.3. The summed E-state index contributed by atoms with van der Waals surface area (Å²) in [6.07, 6.45) is 4.31. The predicted octanol–water partition coefficient (Wildman–Crippen LogP) is 2.40. The van der Waals surface area contributed by atoms with E-state index in [1.54, 1.807) is 0 Å². The average molecular weight is 271 g/mol.